The molecule has 0 saturated heterocycles. The molecule has 0 radical (unpaired) electrons. The first-order valence-electron chi connectivity index (χ1n) is 10.8. The number of ether oxygens (including phenoxy) is 1. The molecule has 35 heavy (non-hydrogen) atoms. The number of anilines is 1. The van der Waals surface area contributed by atoms with Crippen LogP contribution in [0, 0.1) is 13.8 Å². The highest BCUT2D eigenvalue weighted by Crippen LogP contribution is 2.35. The number of aromatic nitrogens is 1. The van der Waals surface area contributed by atoms with Crippen LogP contribution in [0.2, 0.25) is 5.02 Å². The summed E-state index contributed by atoms with van der Waals surface area (Å²) in [5.41, 5.74) is 1.73. The average Bonchev–Trinajstić information content (AvgIpc) is 3.12. The number of carbonyl (C=O) groups is 1. The van der Waals surface area contributed by atoms with Gasteiger partial charge in [-0.3, -0.25) is 4.79 Å². The lowest BCUT2D eigenvalue weighted by atomic mass is 10.1. The molecule has 4 rings (SSSR count). The summed E-state index contributed by atoms with van der Waals surface area (Å²) in [6.07, 6.45) is -4.52. The molecule has 8 heteroatoms. The molecule has 4 nitrogen and oxygen atoms in total. The number of carbonyl (C=O) groups excluding carboxylic acids is 1. The van der Waals surface area contributed by atoms with Crippen LogP contribution >= 0.6 is 11.6 Å². The van der Waals surface area contributed by atoms with Crippen LogP contribution in [0.5, 0.6) is 5.75 Å². The Labute approximate surface area is 205 Å². The van der Waals surface area contributed by atoms with Crippen molar-refractivity contribution in [1.29, 1.82) is 0 Å². The maximum atomic E-state index is 13.6. The zero-order valence-corrected chi connectivity index (χ0v) is 19.7. The second-order valence-corrected chi connectivity index (χ2v) is 8.40. The minimum atomic E-state index is -4.52. The summed E-state index contributed by atoms with van der Waals surface area (Å²) in [6, 6.07) is 21.1. The van der Waals surface area contributed by atoms with E-state index in [4.69, 9.17) is 16.3 Å². The first-order chi connectivity index (χ1) is 16.6. The molecule has 180 valence electrons. The van der Waals surface area contributed by atoms with E-state index >= 15 is 0 Å². The average molecular weight is 499 g/mol. The van der Waals surface area contributed by atoms with Gasteiger partial charge in [-0.2, -0.15) is 13.2 Å². The Kier molecular flexibility index (Phi) is 6.89. The van der Waals surface area contributed by atoms with Gasteiger partial charge in [-0.1, -0.05) is 48.0 Å². The zero-order valence-electron chi connectivity index (χ0n) is 19.0. The standard InChI is InChI=1S/C27H22ClF3N2O2/c1-17-14-22(18(2)33(17)25-13-6-4-11-23(25)27(29,30)31)26(34)32-20-9-7-10-21(15-20)35-16-19-8-3-5-12-24(19)28/h3-15H,16H2,1-2H3,(H,32,34). The third kappa shape index (κ3) is 5.35. The van der Waals surface area contributed by atoms with Crippen LogP contribution in [-0.4, -0.2) is 10.5 Å². The normalized spacial score (nSPS) is 11.4. The van der Waals surface area contributed by atoms with E-state index in [0.29, 0.717) is 27.8 Å². The topological polar surface area (TPSA) is 43.3 Å². The van der Waals surface area contributed by atoms with E-state index in [0.717, 1.165) is 11.6 Å². The number of para-hydroxylation sites is 1. The molecule has 3 aromatic carbocycles. The number of benzene rings is 3. The quantitative estimate of drug-likeness (QED) is 0.297. The van der Waals surface area contributed by atoms with Gasteiger partial charge >= 0.3 is 6.18 Å². The van der Waals surface area contributed by atoms with Gasteiger partial charge in [0, 0.05) is 33.7 Å². The van der Waals surface area contributed by atoms with E-state index in [1.165, 1.54) is 22.8 Å². The van der Waals surface area contributed by atoms with Gasteiger partial charge in [-0.05, 0) is 50.2 Å². The van der Waals surface area contributed by atoms with Crippen LogP contribution < -0.4 is 10.1 Å². The first kappa shape index (κ1) is 24.4. The molecule has 4 aromatic rings. The molecular weight excluding hydrogens is 477 g/mol. The fraction of sp³-hybridized carbons (Fsp3) is 0.148. The maximum Gasteiger partial charge on any atom is 0.418 e. The van der Waals surface area contributed by atoms with E-state index in [1.54, 1.807) is 50.2 Å². The largest absolute Gasteiger partial charge is 0.489 e. The van der Waals surface area contributed by atoms with Crippen LogP contribution in [0.3, 0.4) is 0 Å². The Morgan fingerprint density at radius 1 is 0.971 bits per heavy atom. The van der Waals surface area contributed by atoms with Crippen molar-refractivity contribution in [2.45, 2.75) is 26.6 Å². The van der Waals surface area contributed by atoms with E-state index in [9.17, 15) is 18.0 Å². The van der Waals surface area contributed by atoms with Gasteiger partial charge in [0.2, 0.25) is 0 Å². The molecule has 1 N–H and O–H groups in total. The maximum absolute atomic E-state index is 13.6. The van der Waals surface area contributed by atoms with Gasteiger partial charge in [0.15, 0.2) is 0 Å². The summed E-state index contributed by atoms with van der Waals surface area (Å²) in [5.74, 6) is 0.101. The highest BCUT2D eigenvalue weighted by Gasteiger charge is 2.34. The zero-order chi connectivity index (χ0) is 25.2. The summed E-state index contributed by atoms with van der Waals surface area (Å²) in [5, 5.41) is 3.40. The monoisotopic (exact) mass is 498 g/mol. The van der Waals surface area contributed by atoms with Gasteiger partial charge in [0.25, 0.3) is 5.91 Å². The number of halogens is 4. The molecule has 1 aromatic heterocycles. The van der Waals surface area contributed by atoms with E-state index in [-0.39, 0.29) is 17.9 Å². The summed E-state index contributed by atoms with van der Waals surface area (Å²) < 4.78 is 48.0. The molecule has 0 spiro atoms. The highest BCUT2D eigenvalue weighted by molar-refractivity contribution is 6.31. The predicted octanol–water partition coefficient (Wildman–Crippen LogP) is 7.60. The molecule has 0 atom stereocenters. The third-order valence-corrected chi connectivity index (χ3v) is 5.94. The lowest BCUT2D eigenvalue weighted by Gasteiger charge is -2.17. The summed E-state index contributed by atoms with van der Waals surface area (Å²) >= 11 is 6.17. The fourth-order valence-corrected chi connectivity index (χ4v) is 4.10. The predicted molar refractivity (Wildman–Crippen MR) is 130 cm³/mol. The van der Waals surface area contributed by atoms with Gasteiger partial charge in [-0.15, -0.1) is 0 Å². The van der Waals surface area contributed by atoms with Crippen molar-refractivity contribution in [3.8, 4) is 11.4 Å². The van der Waals surface area contributed by atoms with Gasteiger partial charge in [0.1, 0.15) is 12.4 Å². The summed E-state index contributed by atoms with van der Waals surface area (Å²) in [7, 11) is 0. The summed E-state index contributed by atoms with van der Waals surface area (Å²) in [4.78, 5) is 13.0. The van der Waals surface area contributed by atoms with Crippen molar-refractivity contribution in [1.82, 2.24) is 4.57 Å². The molecule has 0 unspecified atom stereocenters. The van der Waals surface area contributed by atoms with E-state index < -0.39 is 17.6 Å². The van der Waals surface area contributed by atoms with Crippen molar-refractivity contribution in [3.05, 3.63) is 112 Å². The molecular formula is C27H22ClF3N2O2. The van der Waals surface area contributed by atoms with Gasteiger partial charge in [-0.25, -0.2) is 0 Å². The second-order valence-electron chi connectivity index (χ2n) is 8.00. The molecule has 0 fully saturated rings. The third-order valence-electron chi connectivity index (χ3n) is 5.57. The fourth-order valence-electron chi connectivity index (χ4n) is 3.91. The van der Waals surface area contributed by atoms with Crippen LogP contribution in [0.25, 0.3) is 5.69 Å². The molecule has 1 heterocycles. The lowest BCUT2D eigenvalue weighted by Crippen LogP contribution is -2.15. The Morgan fingerprint density at radius 2 is 1.69 bits per heavy atom. The Balaban J connectivity index is 1.55. The molecule has 0 saturated carbocycles. The van der Waals surface area contributed by atoms with Crippen molar-refractivity contribution in [2.75, 3.05) is 5.32 Å². The van der Waals surface area contributed by atoms with Gasteiger partial charge in [0.05, 0.1) is 16.8 Å². The molecule has 0 aliphatic rings. The number of aryl methyl sites for hydroxylation is 1. The highest BCUT2D eigenvalue weighted by atomic mass is 35.5. The number of amides is 1. The van der Waals surface area contributed by atoms with Crippen molar-refractivity contribution >= 4 is 23.2 Å². The first-order valence-corrected chi connectivity index (χ1v) is 11.2. The number of alkyl halides is 3. The Hall–Kier alpha value is -3.71. The van der Waals surface area contributed by atoms with Crippen LogP contribution in [0.4, 0.5) is 18.9 Å². The molecule has 0 aliphatic heterocycles. The van der Waals surface area contributed by atoms with Crippen LogP contribution in [0.15, 0.2) is 78.9 Å². The minimum absolute atomic E-state index is 0.0241. The number of rotatable bonds is 6. The van der Waals surface area contributed by atoms with Crippen LogP contribution in [0.1, 0.15) is 32.9 Å². The van der Waals surface area contributed by atoms with Gasteiger partial charge < -0.3 is 14.6 Å². The molecule has 0 aliphatic carbocycles. The number of nitrogens with one attached hydrogen (secondary N) is 1. The second kappa shape index (κ2) is 9.88. The van der Waals surface area contributed by atoms with Crippen LogP contribution in [-0.2, 0) is 12.8 Å². The van der Waals surface area contributed by atoms with Crippen molar-refractivity contribution in [2.24, 2.45) is 0 Å². The number of hydrogen-bond donors (Lipinski definition) is 1. The Bertz CT molecular complexity index is 1380. The molecule has 1 amide bonds. The minimum Gasteiger partial charge on any atom is -0.489 e. The number of hydrogen-bond acceptors (Lipinski definition) is 2. The number of nitrogens with zero attached hydrogens (tertiary/aromatic N) is 1. The lowest BCUT2D eigenvalue weighted by molar-refractivity contribution is -0.137. The summed E-state index contributed by atoms with van der Waals surface area (Å²) in [6.45, 7) is 3.55. The van der Waals surface area contributed by atoms with E-state index in [1.807, 2.05) is 18.2 Å². The SMILES string of the molecule is Cc1cc(C(=O)Nc2cccc(OCc3ccccc3Cl)c2)c(C)n1-c1ccccc1C(F)(F)F. The van der Waals surface area contributed by atoms with Crippen molar-refractivity contribution < 1.29 is 22.7 Å². The Morgan fingerprint density at radius 3 is 2.43 bits per heavy atom. The molecule has 0 bridgehead atoms. The van der Waals surface area contributed by atoms with Crippen molar-refractivity contribution in [3.63, 3.8) is 0 Å². The van der Waals surface area contributed by atoms with E-state index in [2.05, 4.69) is 5.32 Å². The smallest absolute Gasteiger partial charge is 0.418 e.